The Morgan fingerprint density at radius 1 is 1.15 bits per heavy atom. The van der Waals surface area contributed by atoms with Crippen molar-refractivity contribution in [2.75, 3.05) is 20.3 Å². The van der Waals surface area contributed by atoms with E-state index in [9.17, 15) is 13.2 Å². The third kappa shape index (κ3) is 5.83. The van der Waals surface area contributed by atoms with Gasteiger partial charge in [0.25, 0.3) is 0 Å². The molecule has 1 heterocycles. The highest BCUT2D eigenvalue weighted by molar-refractivity contribution is 5.24. The lowest BCUT2D eigenvalue weighted by molar-refractivity contribution is -0.134. The van der Waals surface area contributed by atoms with Crippen LogP contribution in [0.2, 0.25) is 0 Å². The van der Waals surface area contributed by atoms with E-state index < -0.39 is 12.6 Å². The van der Waals surface area contributed by atoms with E-state index in [1.165, 1.54) is 0 Å². The maximum absolute atomic E-state index is 12.2. The fraction of sp³-hybridized carbons (Fsp3) is 0.692. The molecule has 0 atom stereocenters. The van der Waals surface area contributed by atoms with Crippen molar-refractivity contribution < 1.29 is 17.9 Å². The number of aryl methyl sites for hydroxylation is 3. The second kappa shape index (κ2) is 7.54. The van der Waals surface area contributed by atoms with Crippen LogP contribution in [0.15, 0.2) is 0 Å². The fourth-order valence-electron chi connectivity index (χ4n) is 1.82. The van der Waals surface area contributed by atoms with Crippen LogP contribution in [0.4, 0.5) is 13.2 Å². The average molecular weight is 291 g/mol. The second-order valence-corrected chi connectivity index (χ2v) is 4.57. The van der Waals surface area contributed by atoms with Crippen molar-refractivity contribution in [1.82, 2.24) is 15.3 Å². The van der Waals surface area contributed by atoms with Crippen LogP contribution < -0.4 is 5.32 Å². The van der Waals surface area contributed by atoms with E-state index in [1.54, 1.807) is 21.0 Å². The molecule has 0 aliphatic rings. The molecule has 0 spiro atoms. The molecule has 0 amide bonds. The number of ether oxygens (including phenoxy) is 1. The quantitative estimate of drug-likeness (QED) is 0.783. The Kier molecular flexibility index (Phi) is 6.35. The normalized spacial score (nSPS) is 11.9. The Hall–Kier alpha value is -1.21. The average Bonchev–Trinajstić information content (AvgIpc) is 2.34. The molecule has 1 aromatic rings. The number of hydrogen-bond donors (Lipinski definition) is 1. The fourth-order valence-corrected chi connectivity index (χ4v) is 1.82. The molecule has 1 rings (SSSR count). The maximum atomic E-state index is 12.2. The van der Waals surface area contributed by atoms with Crippen LogP contribution in [0.1, 0.15) is 29.2 Å². The Morgan fingerprint density at radius 3 is 2.25 bits per heavy atom. The zero-order chi connectivity index (χ0) is 15.2. The van der Waals surface area contributed by atoms with E-state index in [0.29, 0.717) is 19.7 Å². The van der Waals surface area contributed by atoms with E-state index in [-0.39, 0.29) is 12.2 Å². The van der Waals surface area contributed by atoms with Gasteiger partial charge in [0.05, 0.1) is 13.0 Å². The molecular formula is C13H20F3N3O. The van der Waals surface area contributed by atoms with Crippen LogP contribution in [0, 0.1) is 13.8 Å². The van der Waals surface area contributed by atoms with Crippen molar-refractivity contribution in [2.24, 2.45) is 0 Å². The largest absolute Gasteiger partial charge is 0.389 e. The monoisotopic (exact) mass is 291 g/mol. The number of methoxy groups -OCH3 is 1. The first kappa shape index (κ1) is 16.8. The molecular weight excluding hydrogens is 271 g/mol. The van der Waals surface area contributed by atoms with Gasteiger partial charge in [-0.25, -0.2) is 9.97 Å². The molecule has 0 aliphatic heterocycles. The van der Waals surface area contributed by atoms with Crippen molar-refractivity contribution in [2.45, 2.75) is 39.4 Å². The van der Waals surface area contributed by atoms with Crippen LogP contribution in [-0.4, -0.2) is 36.4 Å². The summed E-state index contributed by atoms with van der Waals surface area (Å²) >= 11 is 0. The lowest BCUT2D eigenvalue weighted by atomic mass is 10.1. The first-order chi connectivity index (χ1) is 9.33. The molecule has 0 radical (unpaired) electrons. The van der Waals surface area contributed by atoms with E-state index in [0.717, 1.165) is 17.0 Å². The third-order valence-electron chi connectivity index (χ3n) is 2.88. The molecule has 0 aromatic carbocycles. The van der Waals surface area contributed by atoms with Gasteiger partial charge >= 0.3 is 6.18 Å². The molecule has 114 valence electrons. The highest BCUT2D eigenvalue weighted by Crippen LogP contribution is 2.21. The number of rotatable bonds is 7. The van der Waals surface area contributed by atoms with Gasteiger partial charge in [-0.3, -0.25) is 0 Å². The number of alkyl halides is 3. The minimum atomic E-state index is -4.18. The molecule has 0 unspecified atom stereocenters. The molecule has 4 nitrogen and oxygen atoms in total. The van der Waals surface area contributed by atoms with Crippen molar-refractivity contribution in [3.8, 4) is 0 Å². The van der Waals surface area contributed by atoms with Gasteiger partial charge in [-0.2, -0.15) is 13.2 Å². The summed E-state index contributed by atoms with van der Waals surface area (Å²) in [6.07, 6.45) is -5.24. The topological polar surface area (TPSA) is 47.0 Å². The Labute approximate surface area is 116 Å². The number of nitrogens with one attached hydrogen (secondary N) is 1. The third-order valence-corrected chi connectivity index (χ3v) is 2.88. The Balaban J connectivity index is 2.66. The molecule has 0 saturated carbocycles. The summed E-state index contributed by atoms with van der Waals surface area (Å²) in [6.45, 7) is 5.46. The van der Waals surface area contributed by atoms with Crippen LogP contribution >= 0.6 is 0 Å². The number of nitrogens with zero attached hydrogens (tertiary/aromatic N) is 2. The minimum absolute atomic E-state index is 0.178. The zero-order valence-corrected chi connectivity index (χ0v) is 12.0. The first-order valence-electron chi connectivity index (χ1n) is 6.43. The summed E-state index contributed by atoms with van der Waals surface area (Å²) in [6, 6.07) is 0. The standard InChI is InChI=1S/C13H20F3N3O/c1-9-11(8-17-6-7-20-3)10(2)19-12(18-9)4-5-13(14,15)16/h17H,4-8H2,1-3H3. The van der Waals surface area contributed by atoms with Crippen LogP contribution in [-0.2, 0) is 17.7 Å². The van der Waals surface area contributed by atoms with Crippen LogP contribution in [0.5, 0.6) is 0 Å². The summed E-state index contributed by atoms with van der Waals surface area (Å²) in [5.41, 5.74) is 2.37. The van der Waals surface area contributed by atoms with Crippen LogP contribution in [0.3, 0.4) is 0 Å². The molecule has 20 heavy (non-hydrogen) atoms. The lowest BCUT2D eigenvalue weighted by Gasteiger charge is -2.12. The number of hydrogen-bond acceptors (Lipinski definition) is 4. The molecule has 0 saturated heterocycles. The molecule has 0 aliphatic carbocycles. The van der Waals surface area contributed by atoms with E-state index >= 15 is 0 Å². The first-order valence-corrected chi connectivity index (χ1v) is 6.43. The number of halogens is 3. The van der Waals surface area contributed by atoms with Crippen LogP contribution in [0.25, 0.3) is 0 Å². The second-order valence-electron chi connectivity index (χ2n) is 4.57. The lowest BCUT2D eigenvalue weighted by Crippen LogP contribution is -2.21. The summed E-state index contributed by atoms with van der Waals surface area (Å²) in [4.78, 5) is 8.31. The van der Waals surface area contributed by atoms with Gasteiger partial charge in [0.2, 0.25) is 0 Å². The Morgan fingerprint density at radius 2 is 1.75 bits per heavy atom. The summed E-state index contributed by atoms with van der Waals surface area (Å²) in [5.74, 6) is 0.248. The molecule has 7 heteroatoms. The minimum Gasteiger partial charge on any atom is -0.383 e. The van der Waals surface area contributed by atoms with E-state index in [1.807, 2.05) is 0 Å². The Bertz CT molecular complexity index is 412. The van der Waals surface area contributed by atoms with Gasteiger partial charge in [0, 0.05) is 43.6 Å². The molecule has 1 aromatic heterocycles. The molecule has 0 fully saturated rings. The van der Waals surface area contributed by atoms with Gasteiger partial charge in [0.15, 0.2) is 0 Å². The smallest absolute Gasteiger partial charge is 0.383 e. The van der Waals surface area contributed by atoms with E-state index in [2.05, 4.69) is 15.3 Å². The summed E-state index contributed by atoms with van der Waals surface area (Å²) < 4.78 is 41.5. The van der Waals surface area contributed by atoms with Gasteiger partial charge in [0.1, 0.15) is 5.82 Å². The summed E-state index contributed by atoms with van der Waals surface area (Å²) in [5, 5.41) is 3.17. The SMILES string of the molecule is COCCNCc1c(C)nc(CCC(F)(F)F)nc1C. The van der Waals surface area contributed by atoms with Crippen molar-refractivity contribution >= 4 is 0 Å². The van der Waals surface area contributed by atoms with Gasteiger partial charge in [-0.05, 0) is 13.8 Å². The predicted octanol–water partition coefficient (Wildman–Crippen LogP) is 2.32. The molecule has 1 N–H and O–H groups in total. The van der Waals surface area contributed by atoms with E-state index in [4.69, 9.17) is 4.74 Å². The van der Waals surface area contributed by atoms with Gasteiger partial charge in [-0.15, -0.1) is 0 Å². The predicted molar refractivity (Wildman–Crippen MR) is 69.5 cm³/mol. The van der Waals surface area contributed by atoms with Crippen molar-refractivity contribution in [1.29, 1.82) is 0 Å². The number of aromatic nitrogens is 2. The highest BCUT2D eigenvalue weighted by Gasteiger charge is 2.27. The van der Waals surface area contributed by atoms with Gasteiger partial charge < -0.3 is 10.1 Å². The van der Waals surface area contributed by atoms with Crippen molar-refractivity contribution in [3.63, 3.8) is 0 Å². The van der Waals surface area contributed by atoms with Gasteiger partial charge in [-0.1, -0.05) is 0 Å². The maximum Gasteiger partial charge on any atom is 0.389 e. The zero-order valence-electron chi connectivity index (χ0n) is 12.0. The highest BCUT2D eigenvalue weighted by atomic mass is 19.4. The van der Waals surface area contributed by atoms with Crippen molar-refractivity contribution in [3.05, 3.63) is 22.8 Å². The molecule has 0 bridgehead atoms. The summed E-state index contributed by atoms with van der Waals surface area (Å²) in [7, 11) is 1.62.